The first-order chi connectivity index (χ1) is 13.6. The van der Waals surface area contributed by atoms with Crippen LogP contribution in [0.4, 0.5) is 0 Å². The average Bonchev–Trinajstić information content (AvgIpc) is 2.68. The van der Waals surface area contributed by atoms with Gasteiger partial charge in [0, 0.05) is 36.1 Å². The molecule has 0 N–H and O–H groups in total. The maximum Gasteiger partial charge on any atom is 0.171 e. The summed E-state index contributed by atoms with van der Waals surface area (Å²) in [5.41, 5.74) is 5.49. The van der Waals surface area contributed by atoms with E-state index in [1.165, 1.54) is 60.8 Å². The molecular formula is C26H38Br2N2. The molecule has 0 saturated carbocycles. The van der Waals surface area contributed by atoms with Gasteiger partial charge in [0.05, 0.1) is 0 Å². The van der Waals surface area contributed by atoms with Gasteiger partial charge in [0.15, 0.2) is 24.8 Å². The minimum Gasteiger partial charge on any atom is -1.00 e. The molecule has 166 valence electrons. The Bertz CT molecular complexity index is 730. The van der Waals surface area contributed by atoms with Crippen molar-refractivity contribution in [3.63, 3.8) is 0 Å². The van der Waals surface area contributed by atoms with Gasteiger partial charge in [-0.15, -0.1) is 0 Å². The van der Waals surface area contributed by atoms with E-state index in [4.69, 9.17) is 0 Å². The van der Waals surface area contributed by atoms with E-state index in [0.717, 1.165) is 13.1 Å². The summed E-state index contributed by atoms with van der Waals surface area (Å²) in [5, 5.41) is 0. The van der Waals surface area contributed by atoms with E-state index in [1.54, 1.807) is 0 Å². The minimum atomic E-state index is 0. The van der Waals surface area contributed by atoms with Gasteiger partial charge in [0.1, 0.15) is 13.1 Å². The van der Waals surface area contributed by atoms with Crippen LogP contribution in [-0.2, 0) is 13.1 Å². The molecule has 4 heteroatoms. The summed E-state index contributed by atoms with van der Waals surface area (Å²) in [4.78, 5) is 0. The molecule has 0 spiro atoms. The van der Waals surface area contributed by atoms with E-state index in [1.807, 2.05) is 0 Å². The van der Waals surface area contributed by atoms with Crippen molar-refractivity contribution in [2.75, 3.05) is 0 Å². The van der Waals surface area contributed by atoms with Crippen LogP contribution in [0.1, 0.15) is 60.8 Å². The monoisotopic (exact) mass is 536 g/mol. The third-order valence-electron chi connectivity index (χ3n) is 5.45. The third kappa shape index (κ3) is 11.2. The summed E-state index contributed by atoms with van der Waals surface area (Å²) in [7, 11) is 0. The normalized spacial score (nSPS) is 10.9. The zero-order valence-corrected chi connectivity index (χ0v) is 22.3. The number of rotatable bonds is 11. The Labute approximate surface area is 205 Å². The SMILES string of the molecule is Cc1cc[n+](CCCC/C=C\C=C/CCCC[n+]2ccc(C)c(C)c2)cc1C.[Br-].[Br-]. The molecule has 0 fully saturated rings. The minimum absolute atomic E-state index is 0. The summed E-state index contributed by atoms with van der Waals surface area (Å²) in [6, 6.07) is 4.42. The zero-order chi connectivity index (χ0) is 20.2. The highest BCUT2D eigenvalue weighted by molar-refractivity contribution is 5.17. The van der Waals surface area contributed by atoms with Crippen molar-refractivity contribution in [1.82, 2.24) is 0 Å². The van der Waals surface area contributed by atoms with Gasteiger partial charge in [-0.2, -0.15) is 0 Å². The number of aromatic nitrogens is 2. The fourth-order valence-corrected chi connectivity index (χ4v) is 3.21. The highest BCUT2D eigenvalue weighted by Crippen LogP contribution is 2.04. The Morgan fingerprint density at radius 1 is 0.600 bits per heavy atom. The van der Waals surface area contributed by atoms with E-state index in [-0.39, 0.29) is 34.0 Å². The second-order valence-corrected chi connectivity index (χ2v) is 7.95. The second-order valence-electron chi connectivity index (χ2n) is 7.95. The molecule has 0 atom stereocenters. The molecule has 0 saturated heterocycles. The highest BCUT2D eigenvalue weighted by Gasteiger charge is 2.03. The number of halogens is 2. The molecule has 2 aromatic heterocycles. The summed E-state index contributed by atoms with van der Waals surface area (Å²) < 4.78 is 4.62. The molecule has 0 aliphatic rings. The molecule has 30 heavy (non-hydrogen) atoms. The molecule has 0 aliphatic carbocycles. The van der Waals surface area contributed by atoms with Gasteiger partial charge >= 0.3 is 0 Å². The molecule has 0 radical (unpaired) electrons. The molecule has 0 aromatic carbocycles. The standard InChI is InChI=1S/C26H38N2.2BrH/c1-23-15-19-27(21-25(23)3)17-13-11-9-7-5-6-8-10-12-14-18-28-20-16-24(2)26(4)22-28;;/h5-8,15-16,19-22H,9-14,17-18H2,1-4H3;2*1H/q+2;;/p-2/b7-5-,8-6-;;. The van der Waals surface area contributed by atoms with Crippen LogP contribution in [0, 0.1) is 27.7 Å². The van der Waals surface area contributed by atoms with Crippen molar-refractivity contribution in [2.45, 2.75) is 79.3 Å². The van der Waals surface area contributed by atoms with Gasteiger partial charge in [0.25, 0.3) is 0 Å². The van der Waals surface area contributed by atoms with Gasteiger partial charge in [-0.3, -0.25) is 0 Å². The fraction of sp³-hybridized carbons (Fsp3) is 0.462. The summed E-state index contributed by atoms with van der Waals surface area (Å²) >= 11 is 0. The number of allylic oxidation sites excluding steroid dienone is 4. The second kappa shape index (κ2) is 16.4. The molecule has 0 aliphatic heterocycles. The lowest BCUT2D eigenvalue weighted by Crippen LogP contribution is -3.00. The van der Waals surface area contributed by atoms with Crippen molar-refractivity contribution in [3.8, 4) is 0 Å². The Balaban J connectivity index is 0.00000420. The molecular weight excluding hydrogens is 500 g/mol. The van der Waals surface area contributed by atoms with E-state index in [0.29, 0.717) is 0 Å². The number of aryl methyl sites for hydroxylation is 6. The van der Waals surface area contributed by atoms with Crippen LogP contribution in [0.3, 0.4) is 0 Å². The van der Waals surface area contributed by atoms with E-state index in [9.17, 15) is 0 Å². The van der Waals surface area contributed by atoms with Crippen molar-refractivity contribution in [1.29, 1.82) is 0 Å². The van der Waals surface area contributed by atoms with Crippen molar-refractivity contribution >= 4 is 0 Å². The van der Waals surface area contributed by atoms with Crippen LogP contribution in [0.25, 0.3) is 0 Å². The number of pyridine rings is 2. The molecule has 0 amide bonds. The number of nitrogens with zero attached hydrogens (tertiary/aromatic N) is 2. The summed E-state index contributed by atoms with van der Waals surface area (Å²) in [6.45, 7) is 10.9. The lowest BCUT2D eigenvalue weighted by Gasteiger charge is -2.00. The lowest BCUT2D eigenvalue weighted by atomic mass is 10.1. The molecule has 2 nitrogen and oxygen atoms in total. The van der Waals surface area contributed by atoms with E-state index >= 15 is 0 Å². The van der Waals surface area contributed by atoms with Crippen LogP contribution < -0.4 is 43.1 Å². The first-order valence-corrected chi connectivity index (χ1v) is 10.8. The van der Waals surface area contributed by atoms with Crippen molar-refractivity contribution < 1.29 is 43.1 Å². The summed E-state index contributed by atoms with van der Waals surface area (Å²) in [5.74, 6) is 0. The van der Waals surface area contributed by atoms with Gasteiger partial charge in [-0.05, 0) is 64.5 Å². The van der Waals surface area contributed by atoms with Crippen molar-refractivity contribution in [3.05, 3.63) is 83.5 Å². The molecule has 0 unspecified atom stereocenters. The van der Waals surface area contributed by atoms with Gasteiger partial charge < -0.3 is 34.0 Å². The number of unbranched alkanes of at least 4 members (excludes halogenated alkanes) is 4. The first-order valence-electron chi connectivity index (χ1n) is 10.8. The lowest BCUT2D eigenvalue weighted by molar-refractivity contribution is -0.697. The Morgan fingerprint density at radius 3 is 1.37 bits per heavy atom. The number of hydrogen-bond acceptors (Lipinski definition) is 0. The largest absolute Gasteiger partial charge is 1.00 e. The van der Waals surface area contributed by atoms with Gasteiger partial charge in [-0.25, -0.2) is 9.13 Å². The number of hydrogen-bond donors (Lipinski definition) is 0. The van der Waals surface area contributed by atoms with Crippen LogP contribution in [0.2, 0.25) is 0 Å². The first kappa shape index (κ1) is 28.7. The Hall–Kier alpha value is -1.26. The molecule has 2 heterocycles. The summed E-state index contributed by atoms with van der Waals surface area (Å²) in [6.07, 6.45) is 25.2. The van der Waals surface area contributed by atoms with Crippen LogP contribution in [0.15, 0.2) is 61.2 Å². The highest BCUT2D eigenvalue weighted by atomic mass is 79.9. The average molecular weight is 538 g/mol. The molecule has 0 bridgehead atoms. The molecule has 2 aromatic rings. The molecule has 2 rings (SSSR count). The van der Waals surface area contributed by atoms with Crippen LogP contribution in [0.5, 0.6) is 0 Å². The predicted octanol–water partition coefficient (Wildman–Crippen LogP) is -0.344. The smallest absolute Gasteiger partial charge is 0.171 e. The Morgan fingerprint density at radius 2 is 1.00 bits per heavy atom. The predicted molar refractivity (Wildman–Crippen MR) is 118 cm³/mol. The van der Waals surface area contributed by atoms with E-state index < -0.39 is 0 Å². The maximum absolute atomic E-state index is 2.31. The van der Waals surface area contributed by atoms with Crippen molar-refractivity contribution in [2.24, 2.45) is 0 Å². The quantitative estimate of drug-likeness (QED) is 0.210. The zero-order valence-electron chi connectivity index (χ0n) is 19.1. The van der Waals surface area contributed by atoms with E-state index in [2.05, 4.69) is 98.1 Å². The maximum atomic E-state index is 2.31. The van der Waals surface area contributed by atoms with Gasteiger partial charge in [-0.1, -0.05) is 24.3 Å². The topological polar surface area (TPSA) is 7.76 Å². The Kier molecular flexibility index (Phi) is 15.7. The third-order valence-corrected chi connectivity index (χ3v) is 5.45. The van der Waals surface area contributed by atoms with Crippen LogP contribution >= 0.6 is 0 Å². The van der Waals surface area contributed by atoms with Crippen LogP contribution in [-0.4, -0.2) is 0 Å². The fourth-order valence-electron chi connectivity index (χ4n) is 3.21. The van der Waals surface area contributed by atoms with Gasteiger partial charge in [0.2, 0.25) is 0 Å².